The van der Waals surface area contributed by atoms with Crippen molar-refractivity contribution in [2.24, 2.45) is 11.8 Å². The van der Waals surface area contributed by atoms with E-state index in [2.05, 4.69) is 41.5 Å². The average Bonchev–Trinajstić information content (AvgIpc) is 3.38. The molecule has 0 radical (unpaired) electrons. The van der Waals surface area contributed by atoms with Crippen LogP contribution in [0.1, 0.15) is 273 Å². The summed E-state index contributed by atoms with van der Waals surface area (Å²) in [5, 5.41) is 10.5. The summed E-state index contributed by atoms with van der Waals surface area (Å²) in [6, 6.07) is 0. The number of unbranched alkanes of at least 4 members (excludes halogenated alkanes) is 25. The van der Waals surface area contributed by atoms with Gasteiger partial charge in [-0.2, -0.15) is 0 Å². The molecule has 17 nitrogen and oxygen atoms in total. The van der Waals surface area contributed by atoms with E-state index in [9.17, 15) is 43.2 Å². The van der Waals surface area contributed by atoms with Crippen molar-refractivity contribution in [2.45, 2.75) is 291 Å². The molecule has 0 rings (SSSR count). The molecule has 0 spiro atoms. The Morgan fingerprint density at radius 1 is 0.382 bits per heavy atom. The number of rotatable bonds is 56. The van der Waals surface area contributed by atoms with Gasteiger partial charge in [-0.15, -0.1) is 0 Å². The van der Waals surface area contributed by atoms with Gasteiger partial charge in [-0.3, -0.25) is 37.3 Å². The highest BCUT2D eigenvalue weighted by molar-refractivity contribution is 7.47. The maximum Gasteiger partial charge on any atom is 0.472 e. The third kappa shape index (κ3) is 50.3. The van der Waals surface area contributed by atoms with Crippen LogP contribution in [0.15, 0.2) is 0 Å². The van der Waals surface area contributed by atoms with E-state index in [0.717, 1.165) is 121 Å². The molecule has 3 unspecified atom stereocenters. The fourth-order valence-corrected chi connectivity index (χ4v) is 9.84. The number of hydrogen-bond acceptors (Lipinski definition) is 15. The highest BCUT2D eigenvalue weighted by Gasteiger charge is 2.30. The summed E-state index contributed by atoms with van der Waals surface area (Å²) in [4.78, 5) is 71.5. The summed E-state index contributed by atoms with van der Waals surface area (Å²) in [5.41, 5.74) is 0. The van der Waals surface area contributed by atoms with Crippen LogP contribution >= 0.6 is 15.6 Å². The van der Waals surface area contributed by atoms with E-state index < -0.39 is 97.5 Å². The normalized spacial score (nSPS) is 14.9. The number of aliphatic hydroxyl groups excluding tert-OH is 1. The Balaban J connectivity index is 5.18. The number of phosphoric acid groups is 2. The lowest BCUT2D eigenvalue weighted by molar-refractivity contribution is -0.161. The summed E-state index contributed by atoms with van der Waals surface area (Å²) >= 11 is 0. The molecule has 0 aromatic rings. The summed E-state index contributed by atoms with van der Waals surface area (Å²) in [6.45, 7) is 9.28. The molecule has 0 aliphatic carbocycles. The van der Waals surface area contributed by atoms with Gasteiger partial charge in [0.05, 0.1) is 26.4 Å². The van der Waals surface area contributed by atoms with E-state index in [1.165, 1.54) is 70.6 Å². The minimum atomic E-state index is -4.94. The number of carbonyl (C=O) groups excluding carboxylic acids is 4. The van der Waals surface area contributed by atoms with Crippen molar-refractivity contribution < 1.29 is 80.2 Å². The van der Waals surface area contributed by atoms with Crippen LogP contribution in [0.3, 0.4) is 0 Å². The molecule has 0 aliphatic heterocycles. The molecule has 0 bridgehead atoms. The third-order valence-electron chi connectivity index (χ3n) is 13.3. The summed E-state index contributed by atoms with van der Waals surface area (Å²) in [6.07, 6.45) is 29.8. The zero-order valence-electron chi connectivity index (χ0n) is 48.5. The average molecular weight is 1130 g/mol. The predicted octanol–water partition coefficient (Wildman–Crippen LogP) is 14.9. The lowest BCUT2D eigenvalue weighted by Crippen LogP contribution is -2.30. The molecule has 450 valence electrons. The Hall–Kier alpha value is -1.94. The van der Waals surface area contributed by atoms with Crippen LogP contribution in [-0.2, 0) is 65.4 Å². The molecule has 0 saturated carbocycles. The second-order valence-corrected chi connectivity index (χ2v) is 24.3. The topological polar surface area (TPSA) is 237 Å². The van der Waals surface area contributed by atoms with Crippen LogP contribution in [-0.4, -0.2) is 96.7 Å². The predicted molar refractivity (Wildman–Crippen MR) is 298 cm³/mol. The molecule has 0 aromatic carbocycles. The summed E-state index contributed by atoms with van der Waals surface area (Å²) in [7, 11) is -9.86. The Morgan fingerprint density at radius 3 is 1.00 bits per heavy atom. The van der Waals surface area contributed by atoms with Gasteiger partial charge in [0.2, 0.25) is 0 Å². The number of hydrogen-bond donors (Lipinski definition) is 3. The smallest absolute Gasteiger partial charge is 0.462 e. The van der Waals surface area contributed by atoms with Gasteiger partial charge >= 0.3 is 39.5 Å². The molecule has 3 N–H and O–H groups in total. The first kappa shape index (κ1) is 74.1. The molecule has 0 heterocycles. The fraction of sp³-hybridized carbons (Fsp3) is 0.930. The molecular weight excluding hydrogens is 1020 g/mol. The lowest BCUT2D eigenvalue weighted by Gasteiger charge is -2.21. The molecule has 0 amide bonds. The number of esters is 4. The van der Waals surface area contributed by atoms with Crippen molar-refractivity contribution in [1.29, 1.82) is 0 Å². The second kappa shape index (κ2) is 50.1. The van der Waals surface area contributed by atoms with Gasteiger partial charge in [-0.05, 0) is 37.5 Å². The Morgan fingerprint density at radius 2 is 0.671 bits per heavy atom. The molecule has 0 aromatic heterocycles. The van der Waals surface area contributed by atoms with Crippen molar-refractivity contribution in [3.05, 3.63) is 0 Å². The number of phosphoric ester groups is 2. The standard InChI is InChI=1S/C57H110O17P2/c1-7-10-12-14-20-29-35-41-56(61)73-52(45-67-54(59)39-33-25-13-11-8-2)47-71-75(63,64)69-43-51(58)44-70-76(65,66)72-48-53(74-57(62)42-36-30-24-17-15-16-21-26-31-37-49(4)5)46-68-55(60)40-34-28-23-19-18-22-27-32-38-50(6)9-3/h49-53,58H,7-48H2,1-6H3,(H,63,64)(H,65,66)/t50?,51-,52+,53+/m0/s1. The lowest BCUT2D eigenvalue weighted by atomic mass is 9.99. The van der Waals surface area contributed by atoms with E-state index >= 15 is 0 Å². The van der Waals surface area contributed by atoms with Crippen molar-refractivity contribution in [2.75, 3.05) is 39.6 Å². The van der Waals surface area contributed by atoms with Gasteiger partial charge in [-0.25, -0.2) is 9.13 Å². The van der Waals surface area contributed by atoms with Crippen LogP contribution in [0.25, 0.3) is 0 Å². The minimum absolute atomic E-state index is 0.102. The van der Waals surface area contributed by atoms with E-state index in [-0.39, 0.29) is 25.7 Å². The van der Waals surface area contributed by atoms with Gasteiger partial charge < -0.3 is 33.8 Å². The zero-order valence-corrected chi connectivity index (χ0v) is 50.3. The van der Waals surface area contributed by atoms with E-state index in [1.54, 1.807) is 0 Å². The quantitative estimate of drug-likeness (QED) is 0.0222. The van der Waals surface area contributed by atoms with Crippen LogP contribution in [0.4, 0.5) is 0 Å². The summed E-state index contributed by atoms with van der Waals surface area (Å²) < 4.78 is 67.4. The molecule has 76 heavy (non-hydrogen) atoms. The van der Waals surface area contributed by atoms with Gasteiger partial charge in [0.1, 0.15) is 19.3 Å². The van der Waals surface area contributed by atoms with Gasteiger partial charge in [-0.1, -0.05) is 221 Å². The molecule has 0 saturated heterocycles. The van der Waals surface area contributed by atoms with Gasteiger partial charge in [0.15, 0.2) is 12.2 Å². The second-order valence-electron chi connectivity index (χ2n) is 21.4. The van der Waals surface area contributed by atoms with Crippen LogP contribution in [0.2, 0.25) is 0 Å². The summed E-state index contributed by atoms with van der Waals surface area (Å²) in [5.74, 6) is -0.646. The van der Waals surface area contributed by atoms with E-state index in [0.29, 0.717) is 25.7 Å². The number of ether oxygens (including phenoxy) is 4. The Labute approximate surface area is 460 Å². The SMILES string of the molecule is CCCCCCCCCC(=O)O[C@H](COC(=O)CCCCCCC)COP(=O)(O)OC[C@H](O)COP(=O)(O)OC[C@@H](COC(=O)CCCCCCCCCCC(C)CC)OC(=O)CCCCCCCCCCCC(C)C. The highest BCUT2D eigenvalue weighted by Crippen LogP contribution is 2.45. The Kier molecular flexibility index (Phi) is 48.8. The van der Waals surface area contributed by atoms with Crippen molar-refractivity contribution in [3.8, 4) is 0 Å². The molecule has 19 heteroatoms. The van der Waals surface area contributed by atoms with E-state index in [1.807, 2.05) is 0 Å². The van der Waals surface area contributed by atoms with E-state index in [4.69, 9.17) is 37.0 Å². The molecule has 0 aliphatic rings. The number of aliphatic hydroxyl groups is 1. The van der Waals surface area contributed by atoms with Crippen molar-refractivity contribution >= 4 is 39.5 Å². The highest BCUT2D eigenvalue weighted by atomic mass is 31.2. The Bertz CT molecular complexity index is 1520. The maximum absolute atomic E-state index is 12.9. The van der Waals surface area contributed by atoms with Crippen LogP contribution < -0.4 is 0 Å². The maximum atomic E-state index is 12.9. The largest absolute Gasteiger partial charge is 0.472 e. The molecule has 0 fully saturated rings. The van der Waals surface area contributed by atoms with Gasteiger partial charge in [0, 0.05) is 25.7 Å². The van der Waals surface area contributed by atoms with Crippen LogP contribution in [0, 0.1) is 11.8 Å². The number of carbonyl (C=O) groups is 4. The monoisotopic (exact) mass is 1130 g/mol. The van der Waals surface area contributed by atoms with Crippen LogP contribution in [0.5, 0.6) is 0 Å². The van der Waals surface area contributed by atoms with Crippen molar-refractivity contribution in [1.82, 2.24) is 0 Å². The van der Waals surface area contributed by atoms with Gasteiger partial charge in [0.25, 0.3) is 0 Å². The minimum Gasteiger partial charge on any atom is -0.462 e. The zero-order chi connectivity index (χ0) is 56.6. The fourth-order valence-electron chi connectivity index (χ4n) is 8.26. The third-order valence-corrected chi connectivity index (χ3v) is 15.2. The van der Waals surface area contributed by atoms with Crippen molar-refractivity contribution in [3.63, 3.8) is 0 Å². The molecule has 6 atom stereocenters. The molecular formula is C57H110O17P2. The first-order valence-electron chi connectivity index (χ1n) is 30.0. The first-order valence-corrected chi connectivity index (χ1v) is 33.0. The first-order chi connectivity index (χ1) is 36.4.